The van der Waals surface area contributed by atoms with E-state index in [0.717, 1.165) is 25.7 Å². The summed E-state index contributed by atoms with van der Waals surface area (Å²) in [7, 11) is 1.36. The first-order valence-electron chi connectivity index (χ1n) is 5.13. The van der Waals surface area contributed by atoms with Crippen LogP contribution in [0.25, 0.3) is 0 Å². The van der Waals surface area contributed by atoms with Crippen molar-refractivity contribution in [1.82, 2.24) is 0 Å². The minimum absolute atomic E-state index is 0.227. The summed E-state index contributed by atoms with van der Waals surface area (Å²) >= 11 is 0. The lowest BCUT2D eigenvalue weighted by atomic mass is 9.79. The van der Waals surface area contributed by atoms with Crippen molar-refractivity contribution in [2.75, 3.05) is 13.7 Å². The molecule has 0 bridgehead atoms. The molecule has 1 saturated carbocycles. The standard InChI is InChI=1S/C10H19NO3/c1-14-10(13)9(11)8-4-2-7(6-12)3-5-8/h7-9,12H,2-6,11H2,1H3. The number of rotatable bonds is 3. The Labute approximate surface area is 84.4 Å². The zero-order valence-corrected chi connectivity index (χ0v) is 8.61. The Balaban J connectivity index is 2.37. The van der Waals surface area contributed by atoms with Crippen molar-refractivity contribution in [3.63, 3.8) is 0 Å². The van der Waals surface area contributed by atoms with Crippen molar-refractivity contribution >= 4 is 5.97 Å². The number of aliphatic hydroxyl groups is 1. The molecule has 0 aromatic heterocycles. The van der Waals surface area contributed by atoms with E-state index < -0.39 is 6.04 Å². The van der Waals surface area contributed by atoms with Gasteiger partial charge in [0, 0.05) is 6.61 Å². The third-order valence-electron chi connectivity index (χ3n) is 3.13. The normalized spacial score (nSPS) is 29.6. The van der Waals surface area contributed by atoms with E-state index in [1.807, 2.05) is 0 Å². The van der Waals surface area contributed by atoms with E-state index in [1.54, 1.807) is 0 Å². The number of aliphatic hydroxyl groups excluding tert-OH is 1. The van der Waals surface area contributed by atoms with Gasteiger partial charge in [-0.15, -0.1) is 0 Å². The van der Waals surface area contributed by atoms with Crippen LogP contribution in [0.2, 0.25) is 0 Å². The molecule has 3 N–H and O–H groups in total. The van der Waals surface area contributed by atoms with Crippen LogP contribution in [0.4, 0.5) is 0 Å². The quantitative estimate of drug-likeness (QED) is 0.643. The van der Waals surface area contributed by atoms with E-state index in [0.29, 0.717) is 5.92 Å². The lowest BCUT2D eigenvalue weighted by Crippen LogP contribution is -2.40. The molecule has 1 aliphatic carbocycles. The summed E-state index contributed by atoms with van der Waals surface area (Å²) in [6, 6.07) is -0.486. The summed E-state index contributed by atoms with van der Waals surface area (Å²) in [6.07, 6.45) is 3.76. The Morgan fingerprint density at radius 3 is 2.50 bits per heavy atom. The number of carbonyl (C=O) groups is 1. The van der Waals surface area contributed by atoms with Crippen molar-refractivity contribution in [2.24, 2.45) is 17.6 Å². The minimum atomic E-state index is -0.486. The first kappa shape index (κ1) is 11.5. The molecule has 0 spiro atoms. The third-order valence-corrected chi connectivity index (χ3v) is 3.13. The number of hydrogen-bond donors (Lipinski definition) is 2. The molecule has 82 valence electrons. The Bertz CT molecular complexity index is 188. The number of methoxy groups -OCH3 is 1. The van der Waals surface area contributed by atoms with Crippen LogP contribution in [0.5, 0.6) is 0 Å². The lowest BCUT2D eigenvalue weighted by molar-refractivity contribution is -0.143. The second-order valence-electron chi connectivity index (χ2n) is 4.01. The molecular formula is C10H19NO3. The van der Waals surface area contributed by atoms with Gasteiger partial charge in [0.05, 0.1) is 7.11 Å². The number of esters is 1. The monoisotopic (exact) mass is 201 g/mol. The Hall–Kier alpha value is -0.610. The van der Waals surface area contributed by atoms with Gasteiger partial charge in [-0.3, -0.25) is 4.79 Å². The van der Waals surface area contributed by atoms with Gasteiger partial charge >= 0.3 is 5.97 Å². The lowest BCUT2D eigenvalue weighted by Gasteiger charge is -2.29. The molecule has 0 aromatic rings. The van der Waals surface area contributed by atoms with Gasteiger partial charge in [-0.05, 0) is 37.5 Å². The largest absolute Gasteiger partial charge is 0.468 e. The number of carbonyl (C=O) groups excluding carboxylic acids is 1. The average molecular weight is 201 g/mol. The van der Waals surface area contributed by atoms with Crippen LogP contribution in [0.15, 0.2) is 0 Å². The maximum Gasteiger partial charge on any atom is 0.322 e. The first-order chi connectivity index (χ1) is 6.69. The summed E-state index contributed by atoms with van der Waals surface area (Å²) in [5, 5.41) is 8.95. The Kier molecular flexibility index (Phi) is 4.35. The van der Waals surface area contributed by atoms with E-state index >= 15 is 0 Å². The number of hydrogen-bond acceptors (Lipinski definition) is 4. The van der Waals surface area contributed by atoms with Gasteiger partial charge < -0.3 is 15.6 Å². The molecule has 0 aliphatic heterocycles. The summed E-state index contributed by atoms with van der Waals surface area (Å²) < 4.78 is 4.61. The summed E-state index contributed by atoms with van der Waals surface area (Å²) in [5.41, 5.74) is 5.75. The second-order valence-corrected chi connectivity index (χ2v) is 4.01. The zero-order valence-electron chi connectivity index (χ0n) is 8.61. The molecule has 0 saturated heterocycles. The van der Waals surface area contributed by atoms with Crippen LogP contribution in [-0.4, -0.2) is 30.8 Å². The molecular weight excluding hydrogens is 182 g/mol. The molecule has 1 rings (SSSR count). The van der Waals surface area contributed by atoms with Gasteiger partial charge in [0.2, 0.25) is 0 Å². The fourth-order valence-electron chi connectivity index (χ4n) is 2.06. The van der Waals surface area contributed by atoms with Crippen molar-refractivity contribution in [3.05, 3.63) is 0 Å². The van der Waals surface area contributed by atoms with E-state index in [-0.39, 0.29) is 18.5 Å². The van der Waals surface area contributed by atoms with E-state index in [2.05, 4.69) is 4.74 Å². The maximum atomic E-state index is 11.2. The highest BCUT2D eigenvalue weighted by Crippen LogP contribution is 2.30. The summed E-state index contributed by atoms with van der Waals surface area (Å²) in [4.78, 5) is 11.2. The Morgan fingerprint density at radius 2 is 2.07 bits per heavy atom. The van der Waals surface area contributed by atoms with Gasteiger partial charge in [0.25, 0.3) is 0 Å². The smallest absolute Gasteiger partial charge is 0.322 e. The number of ether oxygens (including phenoxy) is 1. The van der Waals surface area contributed by atoms with Gasteiger partial charge in [-0.2, -0.15) is 0 Å². The van der Waals surface area contributed by atoms with Gasteiger partial charge in [0.15, 0.2) is 0 Å². The molecule has 1 unspecified atom stereocenters. The van der Waals surface area contributed by atoms with Crippen LogP contribution in [0.1, 0.15) is 25.7 Å². The average Bonchev–Trinajstić information content (AvgIpc) is 2.27. The molecule has 14 heavy (non-hydrogen) atoms. The third kappa shape index (κ3) is 2.69. The van der Waals surface area contributed by atoms with E-state index in [1.165, 1.54) is 7.11 Å². The zero-order chi connectivity index (χ0) is 10.6. The molecule has 1 atom stereocenters. The van der Waals surface area contributed by atoms with Crippen molar-refractivity contribution in [3.8, 4) is 0 Å². The molecule has 0 heterocycles. The predicted octanol–water partition coefficient (Wildman–Crippen LogP) is 0.285. The highest BCUT2D eigenvalue weighted by atomic mass is 16.5. The molecule has 1 aliphatic rings. The molecule has 4 nitrogen and oxygen atoms in total. The fraction of sp³-hybridized carbons (Fsp3) is 0.900. The highest BCUT2D eigenvalue weighted by Gasteiger charge is 2.29. The SMILES string of the molecule is COC(=O)C(N)C1CCC(CO)CC1. The van der Waals surface area contributed by atoms with Gasteiger partial charge in [-0.1, -0.05) is 0 Å². The van der Waals surface area contributed by atoms with Gasteiger partial charge in [-0.25, -0.2) is 0 Å². The maximum absolute atomic E-state index is 11.2. The first-order valence-corrected chi connectivity index (χ1v) is 5.13. The number of nitrogens with two attached hydrogens (primary N) is 1. The van der Waals surface area contributed by atoms with E-state index in [9.17, 15) is 4.79 Å². The van der Waals surface area contributed by atoms with Crippen LogP contribution < -0.4 is 5.73 Å². The molecule has 0 radical (unpaired) electrons. The molecule has 0 amide bonds. The molecule has 0 aromatic carbocycles. The topological polar surface area (TPSA) is 72.5 Å². The minimum Gasteiger partial charge on any atom is -0.468 e. The van der Waals surface area contributed by atoms with Crippen molar-refractivity contribution in [1.29, 1.82) is 0 Å². The fourth-order valence-corrected chi connectivity index (χ4v) is 2.06. The molecule has 1 fully saturated rings. The second kappa shape index (κ2) is 5.32. The van der Waals surface area contributed by atoms with Crippen LogP contribution in [-0.2, 0) is 9.53 Å². The van der Waals surface area contributed by atoms with Crippen molar-refractivity contribution in [2.45, 2.75) is 31.7 Å². The summed E-state index contributed by atoms with van der Waals surface area (Å²) in [5.74, 6) is 0.304. The van der Waals surface area contributed by atoms with Crippen LogP contribution in [0, 0.1) is 11.8 Å². The molecule has 4 heteroatoms. The predicted molar refractivity (Wildman–Crippen MR) is 52.5 cm³/mol. The van der Waals surface area contributed by atoms with Crippen molar-refractivity contribution < 1.29 is 14.6 Å². The van der Waals surface area contributed by atoms with E-state index in [4.69, 9.17) is 10.8 Å². The van der Waals surface area contributed by atoms with Gasteiger partial charge in [0.1, 0.15) is 6.04 Å². The highest BCUT2D eigenvalue weighted by molar-refractivity contribution is 5.75. The summed E-state index contributed by atoms with van der Waals surface area (Å²) in [6.45, 7) is 0.250. The van der Waals surface area contributed by atoms with Crippen LogP contribution in [0.3, 0.4) is 0 Å². The van der Waals surface area contributed by atoms with Crippen LogP contribution >= 0.6 is 0 Å². The Morgan fingerprint density at radius 1 is 1.50 bits per heavy atom.